The molecule has 0 atom stereocenters. The van der Waals surface area contributed by atoms with Gasteiger partial charge in [0.2, 0.25) is 0 Å². The Morgan fingerprint density at radius 1 is 1.04 bits per heavy atom. The van der Waals surface area contributed by atoms with Crippen molar-refractivity contribution in [2.24, 2.45) is 0 Å². The predicted molar refractivity (Wildman–Crippen MR) is 112 cm³/mol. The zero-order valence-corrected chi connectivity index (χ0v) is 17.6. The van der Waals surface area contributed by atoms with Crippen molar-refractivity contribution in [1.29, 1.82) is 0 Å². The van der Waals surface area contributed by atoms with Crippen LogP contribution < -0.4 is 4.74 Å². The van der Waals surface area contributed by atoms with E-state index in [0.29, 0.717) is 37.9 Å². The summed E-state index contributed by atoms with van der Waals surface area (Å²) in [6.45, 7) is 0.214. The molecular formula is C20H12BrCl3O3. The molecule has 3 aromatic rings. The molecule has 7 heteroatoms. The summed E-state index contributed by atoms with van der Waals surface area (Å²) >= 11 is 21.3. The fourth-order valence-electron chi connectivity index (χ4n) is 2.24. The van der Waals surface area contributed by atoms with E-state index in [1.165, 1.54) is 12.1 Å². The zero-order chi connectivity index (χ0) is 19.4. The SMILES string of the molecule is O=C(C=Cc1ccc(COc2ccc(Br)cc2Cl)o1)c1ccc(Cl)cc1Cl. The van der Waals surface area contributed by atoms with Gasteiger partial charge in [0.05, 0.1) is 10.0 Å². The minimum atomic E-state index is -0.243. The van der Waals surface area contributed by atoms with Gasteiger partial charge >= 0.3 is 0 Å². The molecule has 0 amide bonds. The van der Waals surface area contributed by atoms with Crippen molar-refractivity contribution in [2.45, 2.75) is 6.61 Å². The first-order valence-corrected chi connectivity index (χ1v) is 9.69. The number of hydrogen-bond acceptors (Lipinski definition) is 3. The molecule has 138 valence electrons. The van der Waals surface area contributed by atoms with E-state index < -0.39 is 0 Å². The Hall–Kier alpha value is -1.72. The summed E-state index contributed by atoms with van der Waals surface area (Å²) in [7, 11) is 0. The molecule has 0 fully saturated rings. The van der Waals surface area contributed by atoms with E-state index in [4.69, 9.17) is 44.0 Å². The number of carbonyl (C=O) groups is 1. The van der Waals surface area contributed by atoms with Gasteiger partial charge < -0.3 is 9.15 Å². The number of ketones is 1. The molecule has 27 heavy (non-hydrogen) atoms. The van der Waals surface area contributed by atoms with E-state index >= 15 is 0 Å². The number of hydrogen-bond donors (Lipinski definition) is 0. The average Bonchev–Trinajstić information content (AvgIpc) is 3.07. The van der Waals surface area contributed by atoms with Crippen LogP contribution in [-0.4, -0.2) is 5.78 Å². The molecule has 0 aliphatic rings. The van der Waals surface area contributed by atoms with Gasteiger partial charge in [-0.05, 0) is 60.7 Å². The second kappa shape index (κ2) is 8.98. The van der Waals surface area contributed by atoms with Crippen molar-refractivity contribution in [3.8, 4) is 5.75 Å². The third kappa shape index (κ3) is 5.39. The monoisotopic (exact) mass is 484 g/mol. The van der Waals surface area contributed by atoms with Crippen LogP contribution in [0, 0.1) is 0 Å². The van der Waals surface area contributed by atoms with E-state index in [9.17, 15) is 4.79 Å². The van der Waals surface area contributed by atoms with Gasteiger partial charge in [-0.15, -0.1) is 0 Å². The molecule has 0 saturated heterocycles. The third-order valence-electron chi connectivity index (χ3n) is 3.54. The maximum atomic E-state index is 12.2. The Morgan fingerprint density at radius 2 is 1.85 bits per heavy atom. The van der Waals surface area contributed by atoms with Crippen molar-refractivity contribution in [3.05, 3.63) is 91.2 Å². The average molecular weight is 487 g/mol. The van der Waals surface area contributed by atoms with Gasteiger partial charge in [0.25, 0.3) is 0 Å². The van der Waals surface area contributed by atoms with Gasteiger partial charge in [0.15, 0.2) is 5.78 Å². The topological polar surface area (TPSA) is 39.4 Å². The lowest BCUT2D eigenvalue weighted by Gasteiger charge is -2.06. The molecule has 0 aliphatic heterocycles. The third-order valence-corrected chi connectivity index (χ3v) is 4.88. The van der Waals surface area contributed by atoms with Gasteiger partial charge in [-0.2, -0.15) is 0 Å². The summed E-state index contributed by atoms with van der Waals surface area (Å²) in [5.74, 6) is 1.44. The van der Waals surface area contributed by atoms with E-state index in [1.54, 1.807) is 42.5 Å². The van der Waals surface area contributed by atoms with Crippen LogP contribution in [0.2, 0.25) is 15.1 Å². The molecule has 0 saturated carbocycles. The fourth-order valence-corrected chi connectivity index (χ4v) is 3.47. The zero-order valence-electron chi connectivity index (χ0n) is 13.7. The summed E-state index contributed by atoms with van der Waals surface area (Å²) in [5, 5.41) is 1.28. The number of halogens is 4. The number of rotatable bonds is 6. The van der Waals surface area contributed by atoms with Crippen molar-refractivity contribution in [3.63, 3.8) is 0 Å². The number of benzene rings is 2. The number of ether oxygens (including phenoxy) is 1. The van der Waals surface area contributed by atoms with Crippen molar-refractivity contribution >= 4 is 62.6 Å². The van der Waals surface area contributed by atoms with Crippen LogP contribution in [0.4, 0.5) is 0 Å². The van der Waals surface area contributed by atoms with Crippen LogP contribution >= 0.6 is 50.7 Å². The number of carbonyl (C=O) groups excluding carboxylic acids is 1. The van der Waals surface area contributed by atoms with Gasteiger partial charge in [0.1, 0.15) is 23.9 Å². The van der Waals surface area contributed by atoms with Crippen molar-refractivity contribution < 1.29 is 13.9 Å². The van der Waals surface area contributed by atoms with Gasteiger partial charge in [-0.1, -0.05) is 50.7 Å². The largest absolute Gasteiger partial charge is 0.484 e. The highest BCUT2D eigenvalue weighted by molar-refractivity contribution is 9.10. The number of allylic oxidation sites excluding steroid dienone is 1. The first-order valence-electron chi connectivity index (χ1n) is 7.76. The summed E-state index contributed by atoms with van der Waals surface area (Å²) < 4.78 is 12.2. The van der Waals surface area contributed by atoms with Gasteiger partial charge in [-0.3, -0.25) is 4.79 Å². The highest BCUT2D eigenvalue weighted by Gasteiger charge is 2.09. The Kier molecular flexibility index (Phi) is 6.66. The lowest BCUT2D eigenvalue weighted by molar-refractivity contribution is 0.104. The molecule has 0 spiro atoms. The molecule has 2 aromatic carbocycles. The molecule has 0 unspecified atom stereocenters. The summed E-state index contributed by atoms with van der Waals surface area (Å²) in [6.07, 6.45) is 2.97. The lowest BCUT2D eigenvalue weighted by atomic mass is 10.1. The highest BCUT2D eigenvalue weighted by atomic mass is 79.9. The molecule has 3 nitrogen and oxygen atoms in total. The summed E-state index contributed by atoms with van der Waals surface area (Å²) in [6, 6.07) is 13.6. The van der Waals surface area contributed by atoms with Crippen LogP contribution in [0.3, 0.4) is 0 Å². The van der Waals surface area contributed by atoms with Crippen LogP contribution in [-0.2, 0) is 6.61 Å². The van der Waals surface area contributed by atoms with Crippen LogP contribution in [0.5, 0.6) is 5.75 Å². The van der Waals surface area contributed by atoms with E-state index in [-0.39, 0.29) is 12.4 Å². The Bertz CT molecular complexity index is 1010. The van der Waals surface area contributed by atoms with Gasteiger partial charge in [-0.25, -0.2) is 0 Å². The second-order valence-electron chi connectivity index (χ2n) is 5.49. The molecule has 0 aliphatic carbocycles. The maximum absolute atomic E-state index is 12.2. The molecule has 1 aromatic heterocycles. The smallest absolute Gasteiger partial charge is 0.187 e. The van der Waals surface area contributed by atoms with Crippen molar-refractivity contribution in [1.82, 2.24) is 0 Å². The van der Waals surface area contributed by atoms with Crippen LogP contribution in [0.25, 0.3) is 6.08 Å². The summed E-state index contributed by atoms with van der Waals surface area (Å²) in [5.41, 5.74) is 0.373. The maximum Gasteiger partial charge on any atom is 0.187 e. The van der Waals surface area contributed by atoms with Crippen LogP contribution in [0.1, 0.15) is 21.9 Å². The first kappa shape index (κ1) is 20.0. The number of furan rings is 1. The molecule has 0 bridgehead atoms. The second-order valence-corrected chi connectivity index (χ2v) is 7.66. The lowest BCUT2D eigenvalue weighted by Crippen LogP contribution is -1.95. The predicted octanol–water partition coefficient (Wildman–Crippen LogP) is 7.48. The molecular weight excluding hydrogens is 474 g/mol. The molecule has 0 radical (unpaired) electrons. The fraction of sp³-hybridized carbons (Fsp3) is 0.0500. The Labute approximate surface area is 179 Å². The standard InChI is InChI=1S/C20H12BrCl3O3/c21-12-1-8-20(18(24)9-12)26-11-15-4-3-14(27-15)5-7-19(25)16-6-2-13(22)10-17(16)23/h1-10H,11H2. The molecule has 3 rings (SSSR count). The minimum absolute atomic E-state index is 0.214. The van der Waals surface area contributed by atoms with E-state index in [2.05, 4.69) is 15.9 Å². The Balaban J connectivity index is 1.63. The summed E-state index contributed by atoms with van der Waals surface area (Å²) in [4.78, 5) is 12.2. The van der Waals surface area contributed by atoms with Crippen LogP contribution in [0.15, 0.2) is 63.5 Å². The molecule has 1 heterocycles. The minimum Gasteiger partial charge on any atom is -0.484 e. The molecule has 0 N–H and O–H groups in total. The first-order chi connectivity index (χ1) is 12.9. The van der Waals surface area contributed by atoms with E-state index in [1.807, 2.05) is 6.07 Å². The highest BCUT2D eigenvalue weighted by Crippen LogP contribution is 2.28. The van der Waals surface area contributed by atoms with Gasteiger partial charge in [0, 0.05) is 15.1 Å². The Morgan fingerprint density at radius 3 is 2.59 bits per heavy atom. The van der Waals surface area contributed by atoms with Crippen molar-refractivity contribution in [2.75, 3.05) is 0 Å². The van der Waals surface area contributed by atoms with E-state index in [0.717, 1.165) is 4.47 Å². The normalized spacial score (nSPS) is 11.1. The quantitative estimate of drug-likeness (QED) is 0.268.